The summed E-state index contributed by atoms with van der Waals surface area (Å²) in [6.45, 7) is 0.841. The molecule has 0 radical (unpaired) electrons. The predicted octanol–water partition coefficient (Wildman–Crippen LogP) is 3.26. The molecule has 0 atom stereocenters. The molecule has 0 aliphatic carbocycles. The molecular formula is C16H12ClN3O7. The van der Waals surface area contributed by atoms with E-state index in [1.54, 1.807) is 6.92 Å². The standard InChI is InChI=1S/C16H12ClN3O7/c1-9-2-3-10(6-14(9)20(25)26)18-15(21)8-27-16(22)12-7-11(19(23)24)4-5-13(12)17/h2-7H,8H2,1H3,(H,18,21). The number of nitrogens with one attached hydrogen (secondary N) is 1. The Balaban J connectivity index is 2.03. The summed E-state index contributed by atoms with van der Waals surface area (Å²) in [6.07, 6.45) is 0. The maximum atomic E-state index is 12.0. The second-order valence-electron chi connectivity index (χ2n) is 5.30. The van der Waals surface area contributed by atoms with Crippen molar-refractivity contribution in [2.75, 3.05) is 11.9 Å². The fourth-order valence-corrected chi connectivity index (χ4v) is 2.27. The van der Waals surface area contributed by atoms with Gasteiger partial charge in [-0.2, -0.15) is 0 Å². The van der Waals surface area contributed by atoms with E-state index in [1.807, 2.05) is 0 Å². The molecule has 0 fully saturated rings. The maximum absolute atomic E-state index is 12.0. The zero-order valence-electron chi connectivity index (χ0n) is 13.8. The fraction of sp³-hybridized carbons (Fsp3) is 0.125. The highest BCUT2D eigenvalue weighted by molar-refractivity contribution is 6.33. The minimum absolute atomic E-state index is 0.0693. The molecule has 0 aliphatic heterocycles. The summed E-state index contributed by atoms with van der Waals surface area (Å²) in [6, 6.07) is 7.32. The van der Waals surface area contributed by atoms with Gasteiger partial charge in [0.1, 0.15) is 0 Å². The number of non-ortho nitro benzene ring substituents is 1. The lowest BCUT2D eigenvalue weighted by atomic mass is 10.2. The molecule has 0 unspecified atom stereocenters. The molecule has 0 saturated heterocycles. The molecule has 0 bridgehead atoms. The number of aryl methyl sites for hydroxylation is 1. The summed E-state index contributed by atoms with van der Waals surface area (Å²) in [5.41, 5.74) is -0.216. The van der Waals surface area contributed by atoms with Crippen LogP contribution in [0.15, 0.2) is 36.4 Å². The topological polar surface area (TPSA) is 142 Å². The Morgan fingerprint density at radius 1 is 1.11 bits per heavy atom. The average Bonchev–Trinajstić information content (AvgIpc) is 2.61. The van der Waals surface area contributed by atoms with Crippen LogP contribution in [0.25, 0.3) is 0 Å². The van der Waals surface area contributed by atoms with Gasteiger partial charge in [0.2, 0.25) is 0 Å². The van der Waals surface area contributed by atoms with E-state index in [-0.39, 0.29) is 27.6 Å². The van der Waals surface area contributed by atoms with Gasteiger partial charge < -0.3 is 10.1 Å². The number of halogens is 1. The highest BCUT2D eigenvalue weighted by atomic mass is 35.5. The second-order valence-corrected chi connectivity index (χ2v) is 5.71. The van der Waals surface area contributed by atoms with Crippen LogP contribution in [-0.4, -0.2) is 28.3 Å². The van der Waals surface area contributed by atoms with E-state index in [1.165, 1.54) is 24.3 Å². The van der Waals surface area contributed by atoms with Crippen molar-refractivity contribution in [1.29, 1.82) is 0 Å². The summed E-state index contributed by atoms with van der Waals surface area (Å²) >= 11 is 5.81. The van der Waals surface area contributed by atoms with Crippen LogP contribution in [-0.2, 0) is 9.53 Å². The van der Waals surface area contributed by atoms with Crippen LogP contribution < -0.4 is 5.32 Å². The van der Waals surface area contributed by atoms with Crippen molar-refractivity contribution in [3.05, 3.63) is 72.8 Å². The molecule has 0 heterocycles. The number of rotatable bonds is 6. The Morgan fingerprint density at radius 2 is 1.81 bits per heavy atom. The molecule has 0 aliphatic rings. The summed E-state index contributed by atoms with van der Waals surface area (Å²) in [5, 5.41) is 23.9. The molecule has 0 spiro atoms. The van der Waals surface area contributed by atoms with Crippen LogP contribution in [0.1, 0.15) is 15.9 Å². The van der Waals surface area contributed by atoms with Gasteiger partial charge in [-0.25, -0.2) is 4.79 Å². The van der Waals surface area contributed by atoms with Crippen molar-refractivity contribution in [3.63, 3.8) is 0 Å². The first-order valence-electron chi connectivity index (χ1n) is 7.35. The van der Waals surface area contributed by atoms with Crippen molar-refractivity contribution in [2.45, 2.75) is 6.92 Å². The van der Waals surface area contributed by atoms with Crippen LogP contribution in [0.4, 0.5) is 17.1 Å². The van der Waals surface area contributed by atoms with E-state index in [9.17, 15) is 29.8 Å². The molecular weight excluding hydrogens is 382 g/mol. The van der Waals surface area contributed by atoms with Gasteiger partial charge >= 0.3 is 5.97 Å². The monoisotopic (exact) mass is 393 g/mol. The number of nitro benzene ring substituents is 2. The average molecular weight is 394 g/mol. The van der Waals surface area contributed by atoms with E-state index in [0.717, 1.165) is 12.1 Å². The number of nitrogens with zero attached hydrogens (tertiary/aromatic N) is 2. The third kappa shape index (κ3) is 4.98. The Kier molecular flexibility index (Phi) is 6.03. The second kappa shape index (κ2) is 8.23. The lowest BCUT2D eigenvalue weighted by molar-refractivity contribution is -0.385. The van der Waals surface area contributed by atoms with Gasteiger partial charge in [0.15, 0.2) is 6.61 Å². The minimum Gasteiger partial charge on any atom is -0.452 e. The number of hydrogen-bond donors (Lipinski definition) is 1. The van der Waals surface area contributed by atoms with Crippen LogP contribution >= 0.6 is 11.6 Å². The normalized spacial score (nSPS) is 10.1. The number of hydrogen-bond acceptors (Lipinski definition) is 7. The lowest BCUT2D eigenvalue weighted by Crippen LogP contribution is -2.21. The molecule has 10 nitrogen and oxygen atoms in total. The van der Waals surface area contributed by atoms with Gasteiger partial charge in [0.25, 0.3) is 17.3 Å². The van der Waals surface area contributed by atoms with Gasteiger partial charge in [0.05, 0.1) is 20.4 Å². The molecule has 1 N–H and O–H groups in total. The van der Waals surface area contributed by atoms with Gasteiger partial charge in [-0.15, -0.1) is 0 Å². The zero-order valence-corrected chi connectivity index (χ0v) is 14.6. The number of carbonyl (C=O) groups is 2. The number of ether oxygens (including phenoxy) is 1. The van der Waals surface area contributed by atoms with Crippen molar-refractivity contribution in [2.24, 2.45) is 0 Å². The molecule has 2 aromatic rings. The molecule has 140 valence electrons. The van der Waals surface area contributed by atoms with Gasteiger partial charge in [-0.1, -0.05) is 17.7 Å². The first kappa shape index (κ1) is 19.8. The van der Waals surface area contributed by atoms with E-state index in [0.29, 0.717) is 5.56 Å². The van der Waals surface area contributed by atoms with Crippen LogP contribution in [0, 0.1) is 27.2 Å². The van der Waals surface area contributed by atoms with E-state index < -0.39 is 28.3 Å². The largest absolute Gasteiger partial charge is 0.452 e. The predicted molar refractivity (Wildman–Crippen MR) is 94.9 cm³/mol. The summed E-state index contributed by atoms with van der Waals surface area (Å²) in [4.78, 5) is 44.2. The SMILES string of the molecule is Cc1ccc(NC(=O)COC(=O)c2cc([N+](=O)[O-])ccc2Cl)cc1[N+](=O)[O-]. The lowest BCUT2D eigenvalue weighted by Gasteiger charge is -2.08. The molecule has 27 heavy (non-hydrogen) atoms. The Bertz CT molecular complexity index is 946. The van der Waals surface area contributed by atoms with E-state index in [4.69, 9.17) is 16.3 Å². The number of benzene rings is 2. The number of anilines is 1. The highest BCUT2D eigenvalue weighted by Gasteiger charge is 2.18. The quantitative estimate of drug-likeness (QED) is 0.450. The van der Waals surface area contributed by atoms with Crippen molar-refractivity contribution >= 4 is 40.5 Å². The number of nitro groups is 2. The maximum Gasteiger partial charge on any atom is 0.340 e. The van der Waals surface area contributed by atoms with Crippen LogP contribution in [0.2, 0.25) is 5.02 Å². The van der Waals surface area contributed by atoms with Crippen molar-refractivity contribution in [1.82, 2.24) is 0 Å². The molecule has 0 aromatic heterocycles. The molecule has 2 aromatic carbocycles. The molecule has 2 rings (SSSR count). The van der Waals surface area contributed by atoms with Gasteiger partial charge in [-0.3, -0.25) is 25.0 Å². The Labute approximate surface area is 157 Å². The van der Waals surface area contributed by atoms with Gasteiger partial charge in [0, 0.05) is 29.4 Å². The number of carbonyl (C=O) groups excluding carboxylic acids is 2. The molecule has 11 heteroatoms. The fourth-order valence-electron chi connectivity index (χ4n) is 2.07. The van der Waals surface area contributed by atoms with Crippen molar-refractivity contribution < 1.29 is 24.2 Å². The minimum atomic E-state index is -1.02. The highest BCUT2D eigenvalue weighted by Crippen LogP contribution is 2.23. The Hall–Kier alpha value is -3.53. The third-order valence-electron chi connectivity index (χ3n) is 3.40. The van der Waals surface area contributed by atoms with E-state index >= 15 is 0 Å². The Morgan fingerprint density at radius 3 is 2.44 bits per heavy atom. The first-order valence-corrected chi connectivity index (χ1v) is 7.73. The van der Waals surface area contributed by atoms with Crippen LogP contribution in [0.3, 0.4) is 0 Å². The first-order chi connectivity index (χ1) is 12.7. The smallest absolute Gasteiger partial charge is 0.340 e. The molecule has 0 saturated carbocycles. The summed E-state index contributed by atoms with van der Waals surface area (Å²) in [5.74, 6) is -1.77. The number of esters is 1. The summed E-state index contributed by atoms with van der Waals surface area (Å²) in [7, 11) is 0. The van der Waals surface area contributed by atoms with Crippen LogP contribution in [0.5, 0.6) is 0 Å². The van der Waals surface area contributed by atoms with E-state index in [2.05, 4.69) is 5.32 Å². The van der Waals surface area contributed by atoms with Crippen molar-refractivity contribution in [3.8, 4) is 0 Å². The van der Waals surface area contributed by atoms with Gasteiger partial charge in [-0.05, 0) is 19.1 Å². The molecule has 1 amide bonds. The zero-order chi connectivity index (χ0) is 20.1. The third-order valence-corrected chi connectivity index (χ3v) is 3.73. The number of amides is 1. The summed E-state index contributed by atoms with van der Waals surface area (Å²) < 4.78 is 4.79.